The second-order valence-corrected chi connectivity index (χ2v) is 5.40. The number of amides is 1. The Balaban J connectivity index is 2.71. The van der Waals surface area contributed by atoms with Gasteiger partial charge in [-0.25, -0.2) is 4.79 Å². The zero-order valence-corrected chi connectivity index (χ0v) is 10.8. The summed E-state index contributed by atoms with van der Waals surface area (Å²) in [6.45, 7) is 5.40. The van der Waals surface area contributed by atoms with E-state index in [1.165, 1.54) is 4.90 Å². The molecule has 0 aromatic carbocycles. The van der Waals surface area contributed by atoms with Gasteiger partial charge in [0.1, 0.15) is 5.60 Å². The van der Waals surface area contributed by atoms with E-state index in [2.05, 4.69) is 5.16 Å². The lowest BCUT2D eigenvalue weighted by Gasteiger charge is -2.30. The molecule has 0 bridgehead atoms. The Morgan fingerprint density at radius 2 is 2.06 bits per heavy atom. The minimum atomic E-state index is -0.551. The van der Waals surface area contributed by atoms with Crippen LogP contribution in [0.15, 0.2) is 5.16 Å². The van der Waals surface area contributed by atoms with E-state index in [1.54, 1.807) is 27.8 Å². The molecule has 3 N–H and O–H groups in total. The smallest absolute Gasteiger partial charge is 0.410 e. The Morgan fingerprint density at radius 1 is 1.53 bits per heavy atom. The number of amidine groups is 1. The van der Waals surface area contributed by atoms with E-state index in [1.807, 2.05) is 0 Å². The first-order valence-corrected chi connectivity index (χ1v) is 5.69. The molecule has 0 saturated heterocycles. The van der Waals surface area contributed by atoms with Crippen LogP contribution in [0, 0.1) is 5.92 Å². The van der Waals surface area contributed by atoms with E-state index in [9.17, 15) is 4.79 Å². The molecule has 1 aliphatic carbocycles. The maximum Gasteiger partial charge on any atom is 0.410 e. The summed E-state index contributed by atoms with van der Waals surface area (Å²) in [4.78, 5) is 13.3. The first kappa shape index (κ1) is 13.6. The first-order valence-electron chi connectivity index (χ1n) is 5.69. The van der Waals surface area contributed by atoms with Crippen LogP contribution in [0.4, 0.5) is 4.79 Å². The maximum atomic E-state index is 11.9. The van der Waals surface area contributed by atoms with Gasteiger partial charge in [-0.2, -0.15) is 0 Å². The van der Waals surface area contributed by atoms with E-state index >= 15 is 0 Å². The summed E-state index contributed by atoms with van der Waals surface area (Å²) >= 11 is 0. The molecule has 0 spiro atoms. The molecule has 0 radical (unpaired) electrons. The summed E-state index contributed by atoms with van der Waals surface area (Å²) in [7, 11) is 1.61. The second-order valence-electron chi connectivity index (χ2n) is 5.40. The first-order chi connectivity index (χ1) is 7.76. The molecule has 0 aromatic rings. The third kappa shape index (κ3) is 3.80. The molecule has 6 heteroatoms. The third-order valence-electron chi connectivity index (χ3n) is 2.59. The fraction of sp³-hybridized carbons (Fsp3) is 0.818. The summed E-state index contributed by atoms with van der Waals surface area (Å²) < 4.78 is 5.25. The second kappa shape index (κ2) is 4.81. The number of hydrogen-bond donors (Lipinski definition) is 2. The normalized spacial score (nSPS) is 18.7. The van der Waals surface area contributed by atoms with Crippen molar-refractivity contribution in [2.75, 3.05) is 7.05 Å². The summed E-state index contributed by atoms with van der Waals surface area (Å²) in [5.41, 5.74) is 5.06. The Hall–Kier alpha value is -1.46. The van der Waals surface area contributed by atoms with Gasteiger partial charge in [0, 0.05) is 7.05 Å². The van der Waals surface area contributed by atoms with Gasteiger partial charge < -0.3 is 20.6 Å². The number of hydrogen-bond acceptors (Lipinski definition) is 4. The van der Waals surface area contributed by atoms with Crippen molar-refractivity contribution < 1.29 is 14.7 Å². The van der Waals surface area contributed by atoms with E-state index < -0.39 is 11.7 Å². The van der Waals surface area contributed by atoms with Crippen molar-refractivity contribution in [1.29, 1.82) is 0 Å². The van der Waals surface area contributed by atoms with Crippen LogP contribution < -0.4 is 5.73 Å². The van der Waals surface area contributed by atoms with Crippen molar-refractivity contribution in [2.24, 2.45) is 16.8 Å². The number of nitrogens with zero attached hydrogens (tertiary/aromatic N) is 2. The minimum Gasteiger partial charge on any atom is -0.444 e. The third-order valence-corrected chi connectivity index (χ3v) is 2.59. The van der Waals surface area contributed by atoms with Crippen molar-refractivity contribution in [3.63, 3.8) is 0 Å². The van der Waals surface area contributed by atoms with Gasteiger partial charge in [-0.3, -0.25) is 0 Å². The number of rotatable bonds is 3. The van der Waals surface area contributed by atoms with Crippen molar-refractivity contribution in [3.8, 4) is 0 Å². The average molecular weight is 243 g/mol. The topological polar surface area (TPSA) is 88.2 Å². The fourth-order valence-corrected chi connectivity index (χ4v) is 1.67. The van der Waals surface area contributed by atoms with Crippen molar-refractivity contribution in [1.82, 2.24) is 4.90 Å². The number of nitrogens with two attached hydrogens (primary N) is 1. The van der Waals surface area contributed by atoms with E-state index in [0.717, 1.165) is 12.8 Å². The molecule has 98 valence electrons. The highest BCUT2D eigenvalue weighted by Gasteiger charge is 2.40. The number of carbonyl (C=O) groups is 1. The molecule has 1 rings (SSSR count). The number of oxime groups is 1. The van der Waals surface area contributed by atoms with Crippen molar-refractivity contribution in [2.45, 2.75) is 45.3 Å². The Morgan fingerprint density at radius 3 is 2.41 bits per heavy atom. The molecule has 0 aliphatic heterocycles. The molecular weight excluding hydrogens is 222 g/mol. The van der Waals surface area contributed by atoms with Gasteiger partial charge in [0.2, 0.25) is 0 Å². The molecule has 17 heavy (non-hydrogen) atoms. The summed E-state index contributed by atoms with van der Waals surface area (Å²) in [6, 6.07) is -0.380. The summed E-state index contributed by atoms with van der Waals surface area (Å²) in [6.07, 6.45) is 1.50. The van der Waals surface area contributed by atoms with Crippen LogP contribution in [0.5, 0.6) is 0 Å². The molecule has 1 amide bonds. The largest absolute Gasteiger partial charge is 0.444 e. The van der Waals surface area contributed by atoms with Crippen LogP contribution in [0.2, 0.25) is 0 Å². The predicted octanol–water partition coefficient (Wildman–Crippen LogP) is 1.38. The molecule has 0 heterocycles. The number of carbonyl (C=O) groups excluding carboxylic acids is 1. The standard InChI is InChI=1S/C11H21N3O3/c1-11(2,3)17-10(15)14(4)8(7-5-6-7)9(12)13-16/h7-8,16H,5-6H2,1-4H3,(H2,12,13)/t8-/m0/s1. The minimum absolute atomic E-state index is 0.0564. The summed E-state index contributed by atoms with van der Waals surface area (Å²) in [5.74, 6) is 0.323. The van der Waals surface area contributed by atoms with Gasteiger partial charge in [0.25, 0.3) is 0 Å². The van der Waals surface area contributed by atoms with Crippen LogP contribution >= 0.6 is 0 Å². The van der Waals surface area contributed by atoms with Gasteiger partial charge >= 0.3 is 6.09 Å². The zero-order chi connectivity index (χ0) is 13.2. The number of ether oxygens (including phenoxy) is 1. The van der Waals surface area contributed by atoms with E-state index in [0.29, 0.717) is 0 Å². The van der Waals surface area contributed by atoms with Gasteiger partial charge in [-0.15, -0.1) is 0 Å². The number of likely N-dealkylation sites (N-methyl/N-ethyl adjacent to an activating group) is 1. The fourth-order valence-electron chi connectivity index (χ4n) is 1.67. The Labute approximate surface area is 101 Å². The van der Waals surface area contributed by atoms with Crippen LogP contribution in [0.1, 0.15) is 33.6 Å². The van der Waals surface area contributed by atoms with Crippen LogP contribution in [0.3, 0.4) is 0 Å². The molecule has 1 aliphatic rings. The lowest BCUT2D eigenvalue weighted by Crippen LogP contribution is -2.48. The Kier molecular flexibility index (Phi) is 3.85. The molecule has 1 fully saturated rings. The quantitative estimate of drug-likeness (QED) is 0.339. The SMILES string of the molecule is CN(C(=O)OC(C)(C)C)[C@H](C(N)=NO)C1CC1. The van der Waals surface area contributed by atoms with Gasteiger partial charge in [-0.1, -0.05) is 5.16 Å². The van der Waals surface area contributed by atoms with E-state index in [-0.39, 0.29) is 17.8 Å². The molecule has 1 atom stereocenters. The lowest BCUT2D eigenvalue weighted by atomic mass is 10.1. The summed E-state index contributed by atoms with van der Waals surface area (Å²) in [5, 5.41) is 11.7. The molecular formula is C11H21N3O3. The van der Waals surface area contributed by atoms with Crippen molar-refractivity contribution in [3.05, 3.63) is 0 Å². The monoisotopic (exact) mass is 243 g/mol. The van der Waals surface area contributed by atoms with E-state index in [4.69, 9.17) is 15.7 Å². The Bertz CT molecular complexity index is 318. The van der Waals surface area contributed by atoms with Gasteiger partial charge in [0.05, 0.1) is 6.04 Å². The van der Waals surface area contributed by atoms with Crippen LogP contribution in [-0.4, -0.2) is 40.7 Å². The molecule has 1 saturated carbocycles. The van der Waals surface area contributed by atoms with Crippen LogP contribution in [-0.2, 0) is 4.74 Å². The van der Waals surface area contributed by atoms with Gasteiger partial charge in [0.15, 0.2) is 5.84 Å². The average Bonchev–Trinajstić information content (AvgIpc) is 2.99. The highest BCUT2D eigenvalue weighted by molar-refractivity contribution is 5.89. The van der Waals surface area contributed by atoms with Crippen molar-refractivity contribution >= 4 is 11.9 Å². The lowest BCUT2D eigenvalue weighted by molar-refractivity contribution is 0.0251. The van der Waals surface area contributed by atoms with Crippen LogP contribution in [0.25, 0.3) is 0 Å². The molecule has 6 nitrogen and oxygen atoms in total. The highest BCUT2D eigenvalue weighted by Crippen LogP contribution is 2.35. The van der Waals surface area contributed by atoms with Gasteiger partial charge in [-0.05, 0) is 39.5 Å². The zero-order valence-electron chi connectivity index (χ0n) is 10.8. The molecule has 0 aromatic heterocycles. The maximum absolute atomic E-state index is 11.9. The predicted molar refractivity (Wildman–Crippen MR) is 63.9 cm³/mol. The highest BCUT2D eigenvalue weighted by atomic mass is 16.6. The molecule has 0 unspecified atom stereocenters.